The second-order valence-corrected chi connectivity index (χ2v) is 8.15. The SMILES string of the molecule is O=C(NC1COCC1C(=O)NCC[C@H](O)C(=O)O)OCC1c2ccccc2-c2ccccc21. The van der Waals surface area contributed by atoms with Gasteiger partial charge in [0.2, 0.25) is 5.91 Å². The Kier molecular flexibility index (Phi) is 6.90. The highest BCUT2D eigenvalue weighted by Gasteiger charge is 2.36. The van der Waals surface area contributed by atoms with Crippen LogP contribution in [0.15, 0.2) is 48.5 Å². The number of fused-ring (bicyclic) bond motifs is 3. The van der Waals surface area contributed by atoms with Gasteiger partial charge in [0.05, 0.1) is 25.2 Å². The Balaban J connectivity index is 1.31. The van der Waals surface area contributed by atoms with E-state index in [0.29, 0.717) is 0 Å². The van der Waals surface area contributed by atoms with Crippen LogP contribution in [0.2, 0.25) is 0 Å². The molecule has 2 aromatic rings. The van der Waals surface area contributed by atoms with Crippen LogP contribution in [0.5, 0.6) is 0 Å². The van der Waals surface area contributed by atoms with Gasteiger partial charge < -0.3 is 30.3 Å². The summed E-state index contributed by atoms with van der Waals surface area (Å²) in [6, 6.07) is 15.5. The number of ether oxygens (including phenoxy) is 2. The lowest BCUT2D eigenvalue weighted by molar-refractivity contribution is -0.147. The highest BCUT2D eigenvalue weighted by Crippen LogP contribution is 2.44. The molecule has 3 atom stereocenters. The third kappa shape index (κ3) is 4.99. The fourth-order valence-corrected chi connectivity index (χ4v) is 4.33. The molecule has 0 spiro atoms. The lowest BCUT2D eigenvalue weighted by Gasteiger charge is -2.20. The normalized spacial score (nSPS) is 19.9. The van der Waals surface area contributed by atoms with Gasteiger partial charge in [0, 0.05) is 18.9 Å². The summed E-state index contributed by atoms with van der Waals surface area (Å²) in [5, 5.41) is 23.3. The van der Waals surface area contributed by atoms with Gasteiger partial charge in [-0.3, -0.25) is 4.79 Å². The zero-order chi connectivity index (χ0) is 23.4. The molecule has 9 heteroatoms. The number of carbonyl (C=O) groups is 3. The van der Waals surface area contributed by atoms with Gasteiger partial charge >= 0.3 is 12.1 Å². The van der Waals surface area contributed by atoms with Gasteiger partial charge in [-0.1, -0.05) is 48.5 Å². The van der Waals surface area contributed by atoms with Gasteiger partial charge in [-0.2, -0.15) is 0 Å². The van der Waals surface area contributed by atoms with E-state index < -0.39 is 30.1 Å². The minimum Gasteiger partial charge on any atom is -0.479 e. The number of carboxylic acid groups (broad SMARTS) is 1. The second-order valence-electron chi connectivity index (χ2n) is 8.15. The molecule has 1 aliphatic carbocycles. The van der Waals surface area contributed by atoms with Gasteiger partial charge in [0.1, 0.15) is 6.61 Å². The molecule has 4 N–H and O–H groups in total. The molecule has 9 nitrogen and oxygen atoms in total. The summed E-state index contributed by atoms with van der Waals surface area (Å²) in [4.78, 5) is 35.6. The van der Waals surface area contributed by atoms with Crippen molar-refractivity contribution < 1.29 is 34.1 Å². The van der Waals surface area contributed by atoms with Crippen molar-refractivity contribution in [3.8, 4) is 11.1 Å². The number of hydrogen-bond acceptors (Lipinski definition) is 6. The van der Waals surface area contributed by atoms with E-state index in [1.807, 2.05) is 36.4 Å². The summed E-state index contributed by atoms with van der Waals surface area (Å²) in [5.74, 6) is -2.42. The van der Waals surface area contributed by atoms with Crippen molar-refractivity contribution >= 4 is 18.0 Å². The van der Waals surface area contributed by atoms with Crippen LogP contribution < -0.4 is 10.6 Å². The maximum atomic E-state index is 12.5. The van der Waals surface area contributed by atoms with Gasteiger partial charge in [-0.15, -0.1) is 0 Å². The predicted octanol–water partition coefficient (Wildman–Crippen LogP) is 1.49. The zero-order valence-electron chi connectivity index (χ0n) is 17.9. The summed E-state index contributed by atoms with van der Waals surface area (Å²) in [7, 11) is 0. The maximum Gasteiger partial charge on any atom is 0.407 e. The molecule has 0 radical (unpaired) electrons. The Hall–Kier alpha value is -3.43. The summed E-state index contributed by atoms with van der Waals surface area (Å²) < 4.78 is 10.9. The summed E-state index contributed by atoms with van der Waals surface area (Å²) in [5.41, 5.74) is 4.49. The number of carboxylic acids is 1. The predicted molar refractivity (Wildman–Crippen MR) is 118 cm³/mol. The van der Waals surface area contributed by atoms with Gasteiger partial charge in [0.15, 0.2) is 6.10 Å². The monoisotopic (exact) mass is 454 g/mol. The minimum absolute atomic E-state index is 0.000461. The first-order valence-electron chi connectivity index (χ1n) is 10.8. The maximum absolute atomic E-state index is 12.5. The van der Waals surface area contributed by atoms with Crippen molar-refractivity contribution in [2.24, 2.45) is 5.92 Å². The minimum atomic E-state index is -1.54. The first kappa shape index (κ1) is 22.8. The Bertz CT molecular complexity index is 995. The molecule has 1 fully saturated rings. The van der Waals surface area contributed by atoms with Crippen molar-refractivity contribution in [2.75, 3.05) is 26.4 Å². The fraction of sp³-hybridized carbons (Fsp3) is 0.375. The van der Waals surface area contributed by atoms with Crippen LogP contribution in [0.25, 0.3) is 11.1 Å². The van der Waals surface area contributed by atoms with Crippen LogP contribution in [0.1, 0.15) is 23.5 Å². The molecule has 33 heavy (non-hydrogen) atoms. The standard InChI is InChI=1S/C24H26N2O7/c27-21(23(29)30)9-10-25-22(28)19-11-32-13-20(19)26-24(31)33-12-18-16-7-3-1-5-14(16)15-6-2-4-8-17(15)18/h1-8,18-21,27H,9-13H2,(H,25,28)(H,26,31)(H,29,30)/t19?,20?,21-/m0/s1. The Morgan fingerprint density at radius 2 is 1.67 bits per heavy atom. The highest BCUT2D eigenvalue weighted by atomic mass is 16.5. The quantitative estimate of drug-likeness (QED) is 0.475. The van der Waals surface area contributed by atoms with E-state index in [9.17, 15) is 19.5 Å². The molecular weight excluding hydrogens is 428 g/mol. The Morgan fingerprint density at radius 1 is 1.03 bits per heavy atom. The summed E-state index contributed by atoms with van der Waals surface area (Å²) >= 11 is 0. The average Bonchev–Trinajstić information content (AvgIpc) is 3.40. The zero-order valence-corrected chi connectivity index (χ0v) is 17.9. The smallest absolute Gasteiger partial charge is 0.407 e. The molecule has 1 aliphatic heterocycles. The van der Waals surface area contributed by atoms with Crippen molar-refractivity contribution in [2.45, 2.75) is 24.5 Å². The highest BCUT2D eigenvalue weighted by molar-refractivity contribution is 5.81. The van der Waals surface area contributed by atoms with Crippen LogP contribution >= 0.6 is 0 Å². The lowest BCUT2D eigenvalue weighted by atomic mass is 9.98. The molecule has 2 unspecified atom stereocenters. The Labute approximate surface area is 190 Å². The topological polar surface area (TPSA) is 134 Å². The van der Waals surface area contributed by atoms with Crippen molar-refractivity contribution in [1.82, 2.24) is 10.6 Å². The van der Waals surface area contributed by atoms with E-state index in [2.05, 4.69) is 22.8 Å². The average molecular weight is 454 g/mol. The number of amides is 2. The number of alkyl carbamates (subject to hydrolysis) is 1. The largest absolute Gasteiger partial charge is 0.479 e. The lowest BCUT2D eigenvalue weighted by Crippen LogP contribution is -2.47. The van der Waals surface area contributed by atoms with E-state index in [1.54, 1.807) is 0 Å². The van der Waals surface area contributed by atoms with Crippen molar-refractivity contribution in [3.05, 3.63) is 59.7 Å². The molecule has 0 saturated carbocycles. The van der Waals surface area contributed by atoms with E-state index >= 15 is 0 Å². The molecule has 1 heterocycles. The van der Waals surface area contributed by atoms with Gasteiger partial charge in [-0.05, 0) is 22.3 Å². The van der Waals surface area contributed by atoms with Crippen LogP contribution in [0.4, 0.5) is 4.79 Å². The van der Waals surface area contributed by atoms with E-state index in [1.165, 1.54) is 0 Å². The molecular formula is C24H26N2O7. The summed E-state index contributed by atoms with van der Waals surface area (Å²) in [6.07, 6.45) is -2.29. The first-order chi connectivity index (χ1) is 16.0. The van der Waals surface area contributed by atoms with Gasteiger partial charge in [-0.25, -0.2) is 9.59 Å². The molecule has 2 amide bonds. The number of rotatable bonds is 8. The number of aliphatic carboxylic acids is 1. The summed E-state index contributed by atoms with van der Waals surface area (Å²) in [6.45, 7) is 0.458. The molecule has 2 aromatic carbocycles. The third-order valence-corrected chi connectivity index (χ3v) is 6.07. The number of aliphatic hydroxyl groups is 1. The molecule has 1 saturated heterocycles. The van der Waals surface area contributed by atoms with Crippen molar-refractivity contribution in [3.63, 3.8) is 0 Å². The Morgan fingerprint density at radius 3 is 2.30 bits per heavy atom. The molecule has 2 aliphatic rings. The van der Waals surface area contributed by atoms with E-state index in [-0.39, 0.29) is 44.6 Å². The first-order valence-corrected chi connectivity index (χ1v) is 10.8. The number of benzene rings is 2. The van der Waals surface area contributed by atoms with Crippen LogP contribution in [0, 0.1) is 5.92 Å². The van der Waals surface area contributed by atoms with Crippen LogP contribution in [-0.2, 0) is 19.1 Å². The van der Waals surface area contributed by atoms with Crippen molar-refractivity contribution in [1.29, 1.82) is 0 Å². The molecule has 0 aromatic heterocycles. The number of hydrogen-bond donors (Lipinski definition) is 4. The second kappa shape index (κ2) is 10.0. The third-order valence-electron chi connectivity index (χ3n) is 6.07. The number of carbonyl (C=O) groups excluding carboxylic acids is 2. The van der Waals surface area contributed by atoms with Crippen LogP contribution in [-0.4, -0.2) is 66.7 Å². The van der Waals surface area contributed by atoms with Crippen LogP contribution in [0.3, 0.4) is 0 Å². The van der Waals surface area contributed by atoms with E-state index in [0.717, 1.165) is 22.3 Å². The van der Waals surface area contributed by atoms with E-state index in [4.69, 9.17) is 14.6 Å². The molecule has 4 rings (SSSR count). The molecule has 174 valence electrons. The fourth-order valence-electron chi connectivity index (χ4n) is 4.33. The molecule has 0 bridgehead atoms. The number of nitrogens with one attached hydrogen (secondary N) is 2. The number of aliphatic hydroxyl groups excluding tert-OH is 1. The van der Waals surface area contributed by atoms with Gasteiger partial charge in [0.25, 0.3) is 0 Å².